The van der Waals surface area contributed by atoms with Crippen molar-refractivity contribution in [2.75, 3.05) is 18.4 Å². The van der Waals surface area contributed by atoms with Gasteiger partial charge in [0.1, 0.15) is 0 Å². The molecule has 2 aromatic carbocycles. The van der Waals surface area contributed by atoms with Gasteiger partial charge >= 0.3 is 0 Å². The largest absolute Gasteiger partial charge is 0.326 e. The molecule has 0 bridgehead atoms. The molecule has 3 heterocycles. The standard InChI is InChI=1S/C27H28N6OS/c34-26(29-24-11-5-2-6-12-24)23-10-7-17-31(19-23)20-33-27(35)32(18-21-8-3-1-4-9-21)25(30-33)22-13-15-28-16-14-22/h1-6,8-9,11-16,23H,7,10,17-20H2,(H,29,34). The number of amides is 1. The first-order chi connectivity index (χ1) is 17.2. The summed E-state index contributed by atoms with van der Waals surface area (Å²) in [6.07, 6.45) is 5.38. The molecule has 5 rings (SSSR count). The van der Waals surface area contributed by atoms with Gasteiger partial charge in [0.15, 0.2) is 10.6 Å². The fourth-order valence-corrected chi connectivity index (χ4v) is 4.76. The molecule has 8 heteroatoms. The fraction of sp³-hybridized carbons (Fsp3) is 0.259. The van der Waals surface area contributed by atoms with Crippen LogP contribution in [0.2, 0.25) is 0 Å². The van der Waals surface area contributed by atoms with Gasteiger partial charge in [-0.1, -0.05) is 48.5 Å². The van der Waals surface area contributed by atoms with E-state index in [1.54, 1.807) is 12.4 Å². The van der Waals surface area contributed by atoms with Crippen molar-refractivity contribution in [1.82, 2.24) is 24.2 Å². The third-order valence-electron chi connectivity index (χ3n) is 6.30. The number of likely N-dealkylation sites (tertiary alicyclic amines) is 1. The summed E-state index contributed by atoms with van der Waals surface area (Å²) in [4.78, 5) is 19.3. The highest BCUT2D eigenvalue weighted by molar-refractivity contribution is 7.71. The summed E-state index contributed by atoms with van der Waals surface area (Å²) in [6, 6.07) is 23.8. The number of carbonyl (C=O) groups excluding carboxylic acids is 1. The second-order valence-electron chi connectivity index (χ2n) is 8.83. The molecule has 1 saturated heterocycles. The molecule has 0 aliphatic carbocycles. The molecule has 7 nitrogen and oxygen atoms in total. The number of hydrogen-bond acceptors (Lipinski definition) is 5. The smallest absolute Gasteiger partial charge is 0.228 e. The lowest BCUT2D eigenvalue weighted by Gasteiger charge is -2.31. The van der Waals surface area contributed by atoms with Crippen LogP contribution in [0.25, 0.3) is 11.4 Å². The van der Waals surface area contributed by atoms with Crippen molar-refractivity contribution in [3.63, 3.8) is 0 Å². The van der Waals surface area contributed by atoms with E-state index in [1.807, 2.05) is 65.3 Å². The number of pyridine rings is 1. The van der Waals surface area contributed by atoms with E-state index in [1.165, 1.54) is 0 Å². The quantitative estimate of drug-likeness (QED) is 0.381. The van der Waals surface area contributed by atoms with Gasteiger partial charge in [-0.25, -0.2) is 4.68 Å². The highest BCUT2D eigenvalue weighted by atomic mass is 32.1. The normalized spacial score (nSPS) is 16.2. The van der Waals surface area contributed by atoms with E-state index >= 15 is 0 Å². The van der Waals surface area contributed by atoms with Crippen LogP contribution in [0.4, 0.5) is 5.69 Å². The molecule has 1 amide bonds. The van der Waals surface area contributed by atoms with Gasteiger partial charge in [-0.3, -0.25) is 19.2 Å². The zero-order valence-electron chi connectivity index (χ0n) is 19.5. The maximum Gasteiger partial charge on any atom is 0.228 e. The van der Waals surface area contributed by atoms with Crippen LogP contribution in [-0.2, 0) is 18.0 Å². The van der Waals surface area contributed by atoms with Crippen molar-refractivity contribution in [3.8, 4) is 11.4 Å². The summed E-state index contributed by atoms with van der Waals surface area (Å²) in [5, 5.41) is 7.96. The lowest BCUT2D eigenvalue weighted by atomic mass is 9.97. The second kappa shape index (κ2) is 10.8. The Balaban J connectivity index is 1.36. The van der Waals surface area contributed by atoms with Gasteiger partial charge in [0.25, 0.3) is 0 Å². The second-order valence-corrected chi connectivity index (χ2v) is 9.19. The number of nitrogens with zero attached hydrogens (tertiary/aromatic N) is 5. The number of hydrogen-bond donors (Lipinski definition) is 1. The number of para-hydroxylation sites is 1. The fourth-order valence-electron chi connectivity index (χ4n) is 4.51. The van der Waals surface area contributed by atoms with Crippen LogP contribution in [0.3, 0.4) is 0 Å². The third kappa shape index (κ3) is 5.55. The number of piperidine rings is 1. The monoisotopic (exact) mass is 484 g/mol. The minimum absolute atomic E-state index is 0.0656. The van der Waals surface area contributed by atoms with Crippen LogP contribution in [0.5, 0.6) is 0 Å². The molecule has 1 atom stereocenters. The summed E-state index contributed by atoms with van der Waals surface area (Å²) in [6.45, 7) is 2.77. The highest BCUT2D eigenvalue weighted by Gasteiger charge is 2.27. The average molecular weight is 485 g/mol. The number of rotatable bonds is 7. The van der Waals surface area contributed by atoms with Crippen LogP contribution in [-0.4, -0.2) is 43.2 Å². The van der Waals surface area contributed by atoms with E-state index in [4.69, 9.17) is 17.3 Å². The zero-order valence-corrected chi connectivity index (χ0v) is 20.3. The zero-order chi connectivity index (χ0) is 24.0. The topological polar surface area (TPSA) is 68.0 Å². The first-order valence-corrected chi connectivity index (χ1v) is 12.3. The summed E-state index contributed by atoms with van der Waals surface area (Å²) in [5.74, 6) is 0.817. The van der Waals surface area contributed by atoms with Crippen LogP contribution in [0, 0.1) is 10.7 Å². The predicted molar refractivity (Wildman–Crippen MR) is 139 cm³/mol. The Bertz CT molecular complexity index is 1320. The Morgan fingerprint density at radius 3 is 2.46 bits per heavy atom. The van der Waals surface area contributed by atoms with E-state index in [0.717, 1.165) is 42.0 Å². The summed E-state index contributed by atoms with van der Waals surface area (Å²) in [7, 11) is 0. The van der Waals surface area contributed by atoms with Crippen LogP contribution in [0.15, 0.2) is 85.2 Å². The van der Waals surface area contributed by atoms with E-state index < -0.39 is 0 Å². The first-order valence-electron chi connectivity index (χ1n) is 11.9. The number of aromatic nitrogens is 4. The van der Waals surface area contributed by atoms with Crippen molar-refractivity contribution >= 4 is 23.8 Å². The lowest BCUT2D eigenvalue weighted by molar-refractivity contribution is -0.121. The number of anilines is 1. The van der Waals surface area contributed by atoms with Gasteiger partial charge in [0.2, 0.25) is 5.91 Å². The molecule has 0 radical (unpaired) electrons. The molecule has 2 aromatic heterocycles. The Morgan fingerprint density at radius 2 is 1.71 bits per heavy atom. The minimum Gasteiger partial charge on any atom is -0.326 e. The molecule has 178 valence electrons. The van der Waals surface area contributed by atoms with Gasteiger partial charge < -0.3 is 5.32 Å². The van der Waals surface area contributed by atoms with Gasteiger partial charge in [0.05, 0.1) is 19.1 Å². The molecule has 0 spiro atoms. The molecule has 1 aliphatic heterocycles. The van der Waals surface area contributed by atoms with E-state index in [-0.39, 0.29) is 11.8 Å². The van der Waals surface area contributed by atoms with Crippen LogP contribution in [0.1, 0.15) is 18.4 Å². The van der Waals surface area contributed by atoms with E-state index in [0.29, 0.717) is 24.5 Å². The average Bonchev–Trinajstić information content (AvgIpc) is 3.20. The van der Waals surface area contributed by atoms with Crippen LogP contribution >= 0.6 is 12.2 Å². The predicted octanol–water partition coefficient (Wildman–Crippen LogP) is 4.83. The number of carbonyl (C=O) groups is 1. The molecular formula is C27H28N6OS. The summed E-state index contributed by atoms with van der Waals surface area (Å²) >= 11 is 5.89. The lowest BCUT2D eigenvalue weighted by Crippen LogP contribution is -2.41. The molecule has 1 unspecified atom stereocenters. The molecule has 1 N–H and O–H groups in total. The minimum atomic E-state index is -0.0656. The van der Waals surface area contributed by atoms with Crippen molar-refractivity contribution in [3.05, 3.63) is 95.5 Å². The van der Waals surface area contributed by atoms with Crippen molar-refractivity contribution in [2.45, 2.75) is 26.1 Å². The molecule has 0 saturated carbocycles. The van der Waals surface area contributed by atoms with Gasteiger partial charge in [0, 0.05) is 30.2 Å². The first kappa shape index (κ1) is 23.1. The summed E-state index contributed by atoms with van der Waals surface area (Å²) < 4.78 is 4.62. The molecule has 35 heavy (non-hydrogen) atoms. The maximum atomic E-state index is 12.9. The highest BCUT2D eigenvalue weighted by Crippen LogP contribution is 2.22. The maximum absolute atomic E-state index is 12.9. The molecule has 4 aromatic rings. The summed E-state index contributed by atoms with van der Waals surface area (Å²) in [5.41, 5.74) is 2.96. The Kier molecular flexibility index (Phi) is 7.11. The third-order valence-corrected chi connectivity index (χ3v) is 6.73. The van der Waals surface area contributed by atoms with E-state index in [2.05, 4.69) is 31.9 Å². The van der Waals surface area contributed by atoms with Gasteiger partial charge in [-0.15, -0.1) is 0 Å². The Hall–Kier alpha value is -3.62. The van der Waals surface area contributed by atoms with Gasteiger partial charge in [-0.2, -0.15) is 5.10 Å². The Labute approximate surface area is 210 Å². The van der Waals surface area contributed by atoms with Gasteiger partial charge in [-0.05, 0) is 61.4 Å². The Morgan fingerprint density at radius 1 is 1.00 bits per heavy atom. The van der Waals surface area contributed by atoms with E-state index in [9.17, 15) is 4.79 Å². The number of nitrogens with one attached hydrogen (secondary N) is 1. The van der Waals surface area contributed by atoms with Crippen molar-refractivity contribution < 1.29 is 4.79 Å². The SMILES string of the molecule is O=C(Nc1ccccc1)C1CCCN(Cn2nc(-c3ccncc3)n(Cc3ccccc3)c2=S)C1. The van der Waals surface area contributed by atoms with Crippen molar-refractivity contribution in [1.29, 1.82) is 0 Å². The molecule has 1 aliphatic rings. The number of benzene rings is 2. The molecular weight excluding hydrogens is 456 g/mol. The molecule has 1 fully saturated rings. The van der Waals surface area contributed by atoms with Crippen LogP contribution < -0.4 is 5.32 Å². The van der Waals surface area contributed by atoms with Crippen molar-refractivity contribution in [2.24, 2.45) is 5.92 Å².